The number of halogens is 1. The topological polar surface area (TPSA) is 83.1 Å². The predicted octanol–water partition coefficient (Wildman–Crippen LogP) is 5.53. The van der Waals surface area contributed by atoms with Crippen molar-refractivity contribution in [1.29, 1.82) is 0 Å². The van der Waals surface area contributed by atoms with Crippen LogP contribution in [-0.4, -0.2) is 70.1 Å². The summed E-state index contributed by atoms with van der Waals surface area (Å²) in [6.07, 6.45) is 0.761. The van der Waals surface area contributed by atoms with Gasteiger partial charge in [-0.05, 0) is 67.9 Å². The van der Waals surface area contributed by atoms with Crippen LogP contribution in [-0.2, 0) is 14.8 Å². The first-order valence-corrected chi connectivity index (χ1v) is 15.9. The standard InChI is InChI=1S/C29H31ClN4O4S2/c1-2-34(24-7-4-3-5-8-24)40(36,37)25-12-9-22(10-13-25)28(35)33(16-6-15-32-17-19-38-20-18-32)29-31-26-14-11-23(30)21-27(26)39-29/h3-5,7-14,21H,2,6,15-20H2,1H3. The van der Waals surface area contributed by atoms with Gasteiger partial charge in [0.1, 0.15) is 0 Å². The fraction of sp³-hybridized carbons (Fsp3) is 0.310. The number of anilines is 2. The highest BCUT2D eigenvalue weighted by molar-refractivity contribution is 7.92. The monoisotopic (exact) mass is 598 g/mol. The number of fused-ring (bicyclic) bond motifs is 1. The third-order valence-corrected chi connectivity index (χ3v) is 9.99. The van der Waals surface area contributed by atoms with Crippen molar-refractivity contribution in [3.8, 4) is 0 Å². The lowest BCUT2D eigenvalue weighted by Gasteiger charge is -2.27. The smallest absolute Gasteiger partial charge is 0.264 e. The van der Waals surface area contributed by atoms with Gasteiger partial charge in [0, 0.05) is 43.3 Å². The summed E-state index contributed by atoms with van der Waals surface area (Å²) in [7, 11) is -3.80. The van der Waals surface area contributed by atoms with Gasteiger partial charge in [-0.1, -0.05) is 41.1 Å². The number of aromatic nitrogens is 1. The van der Waals surface area contributed by atoms with Crippen LogP contribution in [0.3, 0.4) is 0 Å². The maximum absolute atomic E-state index is 13.8. The van der Waals surface area contributed by atoms with Crippen LogP contribution >= 0.6 is 22.9 Å². The quantitative estimate of drug-likeness (QED) is 0.239. The van der Waals surface area contributed by atoms with E-state index in [1.807, 2.05) is 18.2 Å². The highest BCUT2D eigenvalue weighted by atomic mass is 35.5. The van der Waals surface area contributed by atoms with Crippen LogP contribution in [0, 0.1) is 0 Å². The van der Waals surface area contributed by atoms with Gasteiger partial charge in [0.25, 0.3) is 15.9 Å². The van der Waals surface area contributed by atoms with Crippen LogP contribution in [0.25, 0.3) is 10.2 Å². The number of sulfonamides is 1. The van der Waals surface area contributed by atoms with Gasteiger partial charge in [0.05, 0.1) is 34.0 Å². The van der Waals surface area contributed by atoms with Crippen molar-refractivity contribution in [2.45, 2.75) is 18.2 Å². The van der Waals surface area contributed by atoms with Gasteiger partial charge in [-0.3, -0.25) is 18.9 Å². The van der Waals surface area contributed by atoms with Gasteiger partial charge in [-0.2, -0.15) is 0 Å². The number of nitrogens with zero attached hydrogens (tertiary/aromatic N) is 4. The molecule has 210 valence electrons. The van der Waals surface area contributed by atoms with E-state index in [1.54, 1.807) is 54.3 Å². The van der Waals surface area contributed by atoms with Crippen LogP contribution in [0.4, 0.5) is 10.8 Å². The summed E-state index contributed by atoms with van der Waals surface area (Å²) >= 11 is 7.60. The Kier molecular flexibility index (Phi) is 9.02. The van der Waals surface area contributed by atoms with E-state index in [0.717, 1.165) is 49.5 Å². The summed E-state index contributed by atoms with van der Waals surface area (Å²) in [5.41, 5.74) is 1.76. The highest BCUT2D eigenvalue weighted by Crippen LogP contribution is 2.32. The SMILES string of the molecule is CCN(c1ccccc1)S(=O)(=O)c1ccc(C(=O)N(CCCN2CCOCC2)c2nc3ccc(Cl)cc3s2)cc1. The molecule has 0 radical (unpaired) electrons. The number of para-hydroxylation sites is 1. The number of ether oxygens (including phenoxy) is 1. The molecule has 0 unspecified atom stereocenters. The summed E-state index contributed by atoms with van der Waals surface area (Å²) in [4.78, 5) is 22.7. The zero-order valence-corrected chi connectivity index (χ0v) is 24.6. The Morgan fingerprint density at radius 2 is 1.77 bits per heavy atom. The van der Waals surface area contributed by atoms with E-state index in [0.29, 0.717) is 27.9 Å². The zero-order chi connectivity index (χ0) is 28.1. The Morgan fingerprint density at radius 3 is 2.48 bits per heavy atom. The number of morpholine rings is 1. The molecule has 8 nitrogen and oxygen atoms in total. The molecule has 3 aromatic carbocycles. The molecule has 1 saturated heterocycles. The molecule has 1 aromatic heterocycles. The van der Waals surface area contributed by atoms with Crippen molar-refractivity contribution >= 4 is 59.9 Å². The summed E-state index contributed by atoms with van der Waals surface area (Å²) in [6.45, 7) is 6.58. The van der Waals surface area contributed by atoms with Crippen LogP contribution in [0.5, 0.6) is 0 Å². The largest absolute Gasteiger partial charge is 0.379 e. The number of hydrogen-bond acceptors (Lipinski definition) is 7. The second-order valence-electron chi connectivity index (χ2n) is 9.40. The molecule has 0 aliphatic carbocycles. The first kappa shape index (κ1) is 28.5. The molecule has 11 heteroatoms. The molecule has 0 atom stereocenters. The average molecular weight is 599 g/mol. The highest BCUT2D eigenvalue weighted by Gasteiger charge is 2.26. The van der Waals surface area contributed by atoms with Gasteiger partial charge in [0.2, 0.25) is 0 Å². The van der Waals surface area contributed by atoms with E-state index in [4.69, 9.17) is 21.3 Å². The summed E-state index contributed by atoms with van der Waals surface area (Å²) in [6, 6.07) is 20.6. The Morgan fingerprint density at radius 1 is 1.05 bits per heavy atom. The molecule has 4 aromatic rings. The average Bonchev–Trinajstić information content (AvgIpc) is 3.39. The van der Waals surface area contributed by atoms with Gasteiger partial charge in [-0.25, -0.2) is 13.4 Å². The van der Waals surface area contributed by atoms with E-state index in [-0.39, 0.29) is 17.3 Å². The lowest BCUT2D eigenvalue weighted by Crippen LogP contribution is -2.39. The minimum absolute atomic E-state index is 0.128. The number of carbonyl (C=O) groups is 1. The Hall–Kier alpha value is -3.02. The van der Waals surface area contributed by atoms with Crippen molar-refractivity contribution in [1.82, 2.24) is 9.88 Å². The van der Waals surface area contributed by atoms with Crippen LogP contribution in [0.2, 0.25) is 5.02 Å². The molecule has 0 spiro atoms. The van der Waals surface area contributed by atoms with E-state index < -0.39 is 10.0 Å². The molecule has 1 aliphatic rings. The first-order valence-electron chi connectivity index (χ1n) is 13.2. The van der Waals surface area contributed by atoms with Gasteiger partial charge in [0.15, 0.2) is 5.13 Å². The zero-order valence-electron chi connectivity index (χ0n) is 22.2. The minimum Gasteiger partial charge on any atom is -0.379 e. The first-order chi connectivity index (χ1) is 19.4. The Balaban J connectivity index is 1.39. The summed E-state index contributed by atoms with van der Waals surface area (Å²) < 4.78 is 34.5. The van der Waals surface area contributed by atoms with Gasteiger partial charge >= 0.3 is 0 Å². The van der Waals surface area contributed by atoms with E-state index >= 15 is 0 Å². The fourth-order valence-corrected chi connectivity index (χ4v) is 7.44. The molecule has 1 fully saturated rings. The van der Waals surface area contributed by atoms with Crippen molar-refractivity contribution in [2.75, 3.05) is 55.1 Å². The molecule has 1 amide bonds. The lowest BCUT2D eigenvalue weighted by molar-refractivity contribution is 0.0376. The summed E-state index contributed by atoms with van der Waals surface area (Å²) in [5, 5.41) is 1.20. The Bertz CT molecular complexity index is 1560. The van der Waals surface area contributed by atoms with Crippen LogP contribution < -0.4 is 9.21 Å². The number of thiazole rings is 1. The minimum atomic E-state index is -3.80. The maximum atomic E-state index is 13.8. The molecular formula is C29H31ClN4O4S2. The normalized spacial score (nSPS) is 14.3. The maximum Gasteiger partial charge on any atom is 0.264 e. The number of rotatable bonds is 10. The molecule has 2 heterocycles. The second kappa shape index (κ2) is 12.7. The van der Waals surface area contributed by atoms with Crippen molar-refractivity contribution in [3.63, 3.8) is 0 Å². The summed E-state index contributed by atoms with van der Waals surface area (Å²) in [5.74, 6) is -0.230. The molecule has 1 aliphatic heterocycles. The third-order valence-electron chi connectivity index (χ3n) is 6.80. The molecule has 0 N–H and O–H groups in total. The van der Waals surface area contributed by atoms with Crippen molar-refractivity contribution in [3.05, 3.63) is 83.4 Å². The molecule has 0 saturated carbocycles. The van der Waals surface area contributed by atoms with E-state index in [2.05, 4.69) is 4.90 Å². The van der Waals surface area contributed by atoms with Crippen LogP contribution in [0.15, 0.2) is 77.7 Å². The molecule has 5 rings (SSSR count). The number of hydrogen-bond donors (Lipinski definition) is 0. The fourth-order valence-electron chi connectivity index (χ4n) is 4.70. The number of benzene rings is 3. The predicted molar refractivity (Wildman–Crippen MR) is 161 cm³/mol. The van der Waals surface area contributed by atoms with Crippen molar-refractivity contribution < 1.29 is 17.9 Å². The van der Waals surface area contributed by atoms with Crippen LogP contribution in [0.1, 0.15) is 23.7 Å². The van der Waals surface area contributed by atoms with Gasteiger partial charge in [-0.15, -0.1) is 0 Å². The van der Waals surface area contributed by atoms with Crippen molar-refractivity contribution in [2.24, 2.45) is 0 Å². The molecular weight excluding hydrogens is 568 g/mol. The Labute approximate surface area is 243 Å². The van der Waals surface area contributed by atoms with E-state index in [1.165, 1.54) is 27.8 Å². The third kappa shape index (κ3) is 6.31. The number of carbonyl (C=O) groups excluding carboxylic acids is 1. The second-order valence-corrected chi connectivity index (χ2v) is 12.7. The van der Waals surface area contributed by atoms with E-state index in [9.17, 15) is 13.2 Å². The molecule has 0 bridgehead atoms. The van der Waals surface area contributed by atoms with Gasteiger partial charge < -0.3 is 4.74 Å². The number of amides is 1. The lowest BCUT2D eigenvalue weighted by atomic mass is 10.2. The molecule has 40 heavy (non-hydrogen) atoms.